The molecule has 3 aromatic carbocycles. The van der Waals surface area contributed by atoms with Gasteiger partial charge in [-0.3, -0.25) is 19.3 Å². The standard InChI is InChI=1S/C35H37NO7S/c1-20(2)14-16-41-31-21(3)22(4)32-25(23(31)5)13-15-35(6,43-32)19-42-28-12-11-24(26-9-7-8-10-27(26)28)17-29-33(39)36(18-30(37)38)34(40)44-29/h7-12,14,17H,13,15-16,18-19H2,1-6H3,(H,37,38)/b29-17-. The highest BCUT2D eigenvalue weighted by Gasteiger charge is 2.37. The predicted molar refractivity (Wildman–Crippen MR) is 173 cm³/mol. The smallest absolute Gasteiger partial charge is 0.323 e. The summed E-state index contributed by atoms with van der Waals surface area (Å²) in [6, 6.07) is 11.4. The summed E-state index contributed by atoms with van der Waals surface area (Å²) in [6.07, 6.45) is 5.33. The van der Waals surface area contributed by atoms with Crippen LogP contribution in [0, 0.1) is 20.8 Å². The van der Waals surface area contributed by atoms with Gasteiger partial charge >= 0.3 is 5.97 Å². The summed E-state index contributed by atoms with van der Waals surface area (Å²) in [6.45, 7) is 12.7. The van der Waals surface area contributed by atoms with E-state index in [1.807, 2.05) is 36.4 Å². The molecule has 0 aliphatic carbocycles. The van der Waals surface area contributed by atoms with Crippen LogP contribution >= 0.6 is 11.8 Å². The maximum atomic E-state index is 12.7. The van der Waals surface area contributed by atoms with Crippen molar-refractivity contribution in [3.8, 4) is 17.2 Å². The molecule has 1 N–H and O–H groups in total. The first kappa shape index (κ1) is 31.2. The zero-order valence-corrected chi connectivity index (χ0v) is 26.7. The Kier molecular flexibility index (Phi) is 8.79. The second kappa shape index (κ2) is 12.4. The van der Waals surface area contributed by atoms with Crippen molar-refractivity contribution >= 4 is 45.7 Å². The quantitative estimate of drug-likeness (QED) is 0.196. The Bertz CT molecular complexity index is 1740. The Morgan fingerprint density at radius 2 is 1.77 bits per heavy atom. The first-order chi connectivity index (χ1) is 20.9. The summed E-state index contributed by atoms with van der Waals surface area (Å²) in [4.78, 5) is 37.0. The maximum Gasteiger partial charge on any atom is 0.323 e. The maximum absolute atomic E-state index is 12.7. The minimum Gasteiger partial charge on any atom is -0.489 e. The van der Waals surface area contributed by atoms with Crippen molar-refractivity contribution in [2.75, 3.05) is 19.8 Å². The van der Waals surface area contributed by atoms with Crippen LogP contribution in [0.2, 0.25) is 0 Å². The molecule has 0 saturated carbocycles. The number of aliphatic carboxylic acids is 1. The molecule has 0 spiro atoms. The van der Waals surface area contributed by atoms with E-state index in [1.54, 1.807) is 6.08 Å². The number of nitrogens with zero attached hydrogens (tertiary/aromatic N) is 1. The van der Waals surface area contributed by atoms with E-state index in [9.17, 15) is 14.4 Å². The van der Waals surface area contributed by atoms with Crippen molar-refractivity contribution in [3.63, 3.8) is 0 Å². The lowest BCUT2D eigenvalue weighted by Crippen LogP contribution is -2.42. The molecule has 1 saturated heterocycles. The average Bonchev–Trinajstić information content (AvgIpc) is 3.24. The number of benzene rings is 3. The van der Waals surface area contributed by atoms with Crippen LogP contribution in [-0.4, -0.2) is 52.5 Å². The van der Waals surface area contributed by atoms with E-state index in [1.165, 1.54) is 11.1 Å². The SMILES string of the molecule is CC(C)=CCOc1c(C)c(C)c2c(c1C)CCC(C)(COc1ccc(/C=C3\SC(=O)N(CC(=O)O)C3=O)c3ccccc13)O2. The van der Waals surface area contributed by atoms with E-state index in [-0.39, 0.29) is 4.91 Å². The number of hydrogen-bond donors (Lipinski definition) is 1. The van der Waals surface area contributed by atoms with Gasteiger partial charge in [0.05, 0.1) is 4.91 Å². The van der Waals surface area contributed by atoms with Gasteiger partial charge in [0.15, 0.2) is 0 Å². The van der Waals surface area contributed by atoms with Gasteiger partial charge in [-0.1, -0.05) is 35.9 Å². The van der Waals surface area contributed by atoms with Crippen LogP contribution in [0.15, 0.2) is 53.0 Å². The van der Waals surface area contributed by atoms with Crippen molar-refractivity contribution in [1.82, 2.24) is 4.90 Å². The molecule has 1 fully saturated rings. The Labute approximate surface area is 261 Å². The second-order valence-electron chi connectivity index (χ2n) is 11.8. The van der Waals surface area contributed by atoms with Crippen LogP contribution < -0.4 is 14.2 Å². The molecular formula is C35H37NO7S. The van der Waals surface area contributed by atoms with E-state index < -0.39 is 29.3 Å². The lowest BCUT2D eigenvalue weighted by Gasteiger charge is -2.38. The lowest BCUT2D eigenvalue weighted by molar-refractivity contribution is -0.140. The summed E-state index contributed by atoms with van der Waals surface area (Å²) in [5.74, 6) is 0.666. The molecule has 2 amide bonds. The summed E-state index contributed by atoms with van der Waals surface area (Å²) in [5.41, 5.74) is 5.85. The van der Waals surface area contributed by atoms with Gasteiger partial charge < -0.3 is 19.3 Å². The van der Waals surface area contributed by atoms with Crippen LogP contribution in [0.4, 0.5) is 4.79 Å². The fourth-order valence-electron chi connectivity index (χ4n) is 5.58. The number of carbonyl (C=O) groups excluding carboxylic acids is 2. The number of carbonyl (C=O) groups is 3. The number of allylic oxidation sites excluding steroid dienone is 1. The number of ether oxygens (including phenoxy) is 3. The van der Waals surface area contributed by atoms with Gasteiger partial charge in [0.25, 0.3) is 11.1 Å². The largest absolute Gasteiger partial charge is 0.489 e. The van der Waals surface area contributed by atoms with Crippen LogP contribution in [0.25, 0.3) is 16.8 Å². The molecule has 1 atom stereocenters. The number of fused-ring (bicyclic) bond motifs is 2. The second-order valence-corrected chi connectivity index (χ2v) is 12.8. The molecule has 0 bridgehead atoms. The van der Waals surface area contributed by atoms with Gasteiger partial charge in [0, 0.05) is 10.9 Å². The highest BCUT2D eigenvalue weighted by molar-refractivity contribution is 8.18. The normalized spacial score (nSPS) is 18.8. The third-order valence-corrected chi connectivity index (χ3v) is 9.09. The van der Waals surface area contributed by atoms with Gasteiger partial charge in [-0.05, 0) is 112 Å². The Morgan fingerprint density at radius 3 is 2.48 bits per heavy atom. The summed E-state index contributed by atoms with van der Waals surface area (Å²) >= 11 is 0.740. The van der Waals surface area contributed by atoms with Crippen LogP contribution in [0.5, 0.6) is 17.2 Å². The van der Waals surface area contributed by atoms with E-state index in [2.05, 4.69) is 47.6 Å². The molecule has 2 heterocycles. The molecule has 230 valence electrons. The lowest BCUT2D eigenvalue weighted by atomic mass is 9.87. The number of imide groups is 1. The molecule has 0 aromatic heterocycles. The number of carboxylic acids is 1. The van der Waals surface area contributed by atoms with Gasteiger partial charge in [-0.15, -0.1) is 0 Å². The fourth-order valence-corrected chi connectivity index (χ4v) is 6.41. The van der Waals surface area contributed by atoms with Gasteiger partial charge in [-0.25, -0.2) is 0 Å². The predicted octanol–water partition coefficient (Wildman–Crippen LogP) is 7.39. The minimum atomic E-state index is -1.24. The molecule has 8 nitrogen and oxygen atoms in total. The van der Waals surface area contributed by atoms with Crippen molar-refractivity contribution in [1.29, 1.82) is 0 Å². The monoisotopic (exact) mass is 615 g/mol. The molecule has 0 radical (unpaired) electrons. The van der Waals surface area contributed by atoms with Crippen molar-refractivity contribution in [3.05, 3.63) is 80.8 Å². The molecule has 5 rings (SSSR count). The number of carboxylic acid groups (broad SMARTS) is 1. The molecular weight excluding hydrogens is 578 g/mol. The number of amides is 2. The van der Waals surface area contributed by atoms with E-state index in [0.717, 1.165) is 74.0 Å². The Balaban J connectivity index is 1.37. The highest BCUT2D eigenvalue weighted by Crippen LogP contribution is 2.44. The van der Waals surface area contributed by atoms with Crippen LogP contribution in [0.1, 0.15) is 55.0 Å². The molecule has 2 aliphatic heterocycles. The minimum absolute atomic E-state index is 0.184. The number of hydrogen-bond acceptors (Lipinski definition) is 7. The molecule has 9 heteroatoms. The summed E-state index contributed by atoms with van der Waals surface area (Å²) < 4.78 is 19.3. The number of rotatable bonds is 9. The first-order valence-electron chi connectivity index (χ1n) is 14.6. The summed E-state index contributed by atoms with van der Waals surface area (Å²) in [7, 11) is 0. The highest BCUT2D eigenvalue weighted by atomic mass is 32.2. The molecule has 1 unspecified atom stereocenters. The zero-order valence-electron chi connectivity index (χ0n) is 25.9. The van der Waals surface area contributed by atoms with Crippen molar-refractivity contribution in [2.45, 2.75) is 60.0 Å². The summed E-state index contributed by atoms with van der Waals surface area (Å²) in [5, 5.41) is 10.2. The topological polar surface area (TPSA) is 102 Å². The fraction of sp³-hybridized carbons (Fsp3) is 0.343. The number of thioether (sulfide) groups is 1. The molecule has 3 aromatic rings. The Morgan fingerprint density at radius 1 is 1.05 bits per heavy atom. The average molecular weight is 616 g/mol. The van der Waals surface area contributed by atoms with Crippen LogP contribution in [0.3, 0.4) is 0 Å². The van der Waals surface area contributed by atoms with E-state index >= 15 is 0 Å². The molecule has 2 aliphatic rings. The van der Waals surface area contributed by atoms with Gasteiger partial charge in [0.2, 0.25) is 0 Å². The van der Waals surface area contributed by atoms with E-state index in [4.69, 9.17) is 19.3 Å². The van der Waals surface area contributed by atoms with E-state index in [0.29, 0.717) is 19.0 Å². The van der Waals surface area contributed by atoms with Crippen LogP contribution in [-0.2, 0) is 16.0 Å². The van der Waals surface area contributed by atoms with Gasteiger partial charge in [-0.2, -0.15) is 0 Å². The van der Waals surface area contributed by atoms with Crippen molar-refractivity contribution < 1.29 is 33.7 Å². The van der Waals surface area contributed by atoms with Gasteiger partial charge in [0.1, 0.15) is 42.6 Å². The molecule has 44 heavy (non-hydrogen) atoms. The third-order valence-electron chi connectivity index (χ3n) is 8.19. The van der Waals surface area contributed by atoms with Crippen molar-refractivity contribution in [2.24, 2.45) is 0 Å². The third kappa shape index (κ3) is 6.19. The first-order valence-corrected chi connectivity index (χ1v) is 15.4. The Hall–Kier alpha value is -4.24. The zero-order chi connectivity index (χ0) is 31.8.